The number of rotatable bonds is 5. The number of nitrogens with zero attached hydrogens (tertiary/aromatic N) is 1. The number of carbonyl (C=O) groups excluding carboxylic acids is 1. The van der Waals surface area contributed by atoms with Crippen molar-refractivity contribution >= 4 is 16.9 Å². The van der Waals surface area contributed by atoms with Crippen LogP contribution in [0.5, 0.6) is 5.75 Å². The van der Waals surface area contributed by atoms with E-state index in [-0.39, 0.29) is 29.6 Å². The number of methoxy groups -OCH3 is 1. The average Bonchev–Trinajstić information content (AvgIpc) is 2.64. The van der Waals surface area contributed by atoms with Crippen molar-refractivity contribution in [2.75, 3.05) is 13.7 Å². The lowest BCUT2D eigenvalue weighted by Crippen LogP contribution is -2.22. The number of hydrogen-bond donors (Lipinski definition) is 0. The Balaban J connectivity index is 2.20. The van der Waals surface area contributed by atoms with Gasteiger partial charge in [0.15, 0.2) is 0 Å². The number of aromatic nitrogens is 1. The summed E-state index contributed by atoms with van der Waals surface area (Å²) in [6, 6.07) is 8.74. The number of esters is 1. The summed E-state index contributed by atoms with van der Waals surface area (Å²) in [5, 5.41) is -0.351. The molecule has 0 bridgehead atoms. The third-order valence-electron chi connectivity index (χ3n) is 4.11. The monoisotopic (exact) mass is 373 g/mol. The Morgan fingerprint density at radius 2 is 1.85 bits per heavy atom. The zero-order valence-electron chi connectivity index (χ0n) is 14.8. The average molecular weight is 373 g/mol. The highest BCUT2D eigenvalue weighted by atomic mass is 19.1. The van der Waals surface area contributed by atoms with Crippen LogP contribution in [-0.2, 0) is 11.3 Å². The molecule has 3 rings (SSSR count). The van der Waals surface area contributed by atoms with E-state index in [0.29, 0.717) is 11.8 Å². The van der Waals surface area contributed by atoms with E-state index in [1.165, 1.54) is 10.8 Å². The lowest BCUT2D eigenvalue weighted by molar-refractivity contribution is 0.0524. The number of halogens is 2. The third-order valence-corrected chi connectivity index (χ3v) is 4.11. The van der Waals surface area contributed by atoms with Gasteiger partial charge in [0, 0.05) is 18.8 Å². The molecule has 0 aliphatic rings. The van der Waals surface area contributed by atoms with Crippen LogP contribution >= 0.6 is 0 Å². The van der Waals surface area contributed by atoms with E-state index in [4.69, 9.17) is 9.47 Å². The second kappa shape index (κ2) is 7.57. The van der Waals surface area contributed by atoms with Crippen molar-refractivity contribution in [3.63, 3.8) is 0 Å². The largest absolute Gasteiger partial charge is 0.497 e. The fourth-order valence-electron chi connectivity index (χ4n) is 2.84. The second-order valence-electron chi connectivity index (χ2n) is 5.85. The molecule has 0 aliphatic carbocycles. The van der Waals surface area contributed by atoms with E-state index in [1.54, 1.807) is 38.3 Å². The van der Waals surface area contributed by atoms with Crippen molar-refractivity contribution in [1.29, 1.82) is 0 Å². The number of pyridine rings is 1. The Bertz CT molecular complexity index is 1060. The van der Waals surface area contributed by atoms with Crippen LogP contribution in [0.2, 0.25) is 0 Å². The Morgan fingerprint density at radius 1 is 1.15 bits per heavy atom. The van der Waals surface area contributed by atoms with Gasteiger partial charge in [0.25, 0.3) is 0 Å². The van der Waals surface area contributed by atoms with Crippen LogP contribution in [0.3, 0.4) is 0 Å². The fraction of sp³-hybridized carbons (Fsp3) is 0.200. The number of carbonyl (C=O) groups is 1. The molecule has 0 fully saturated rings. The van der Waals surface area contributed by atoms with Crippen molar-refractivity contribution in [3.05, 3.63) is 75.6 Å². The highest BCUT2D eigenvalue weighted by Gasteiger charge is 2.20. The summed E-state index contributed by atoms with van der Waals surface area (Å²) in [6.45, 7) is 1.86. The summed E-state index contributed by atoms with van der Waals surface area (Å²) in [5.74, 6) is -2.03. The zero-order valence-corrected chi connectivity index (χ0v) is 14.8. The zero-order chi connectivity index (χ0) is 19.6. The van der Waals surface area contributed by atoms with Gasteiger partial charge in [-0.3, -0.25) is 4.79 Å². The highest BCUT2D eigenvalue weighted by Crippen LogP contribution is 2.20. The molecule has 27 heavy (non-hydrogen) atoms. The van der Waals surface area contributed by atoms with E-state index >= 15 is 0 Å². The highest BCUT2D eigenvalue weighted by molar-refractivity contribution is 5.94. The molecular formula is C20H17F2NO4. The van der Waals surface area contributed by atoms with Crippen LogP contribution in [-0.4, -0.2) is 24.3 Å². The molecule has 0 radical (unpaired) electrons. The van der Waals surface area contributed by atoms with Gasteiger partial charge in [0.1, 0.15) is 22.9 Å². The minimum absolute atomic E-state index is 0.0568. The summed E-state index contributed by atoms with van der Waals surface area (Å²) in [4.78, 5) is 24.7. The Kier molecular flexibility index (Phi) is 5.21. The maximum Gasteiger partial charge on any atom is 0.343 e. The number of ether oxygens (including phenoxy) is 2. The minimum Gasteiger partial charge on any atom is -0.497 e. The van der Waals surface area contributed by atoms with Crippen LogP contribution in [0.25, 0.3) is 10.9 Å². The van der Waals surface area contributed by atoms with Crippen LogP contribution in [0.15, 0.2) is 47.4 Å². The van der Waals surface area contributed by atoms with Crippen LogP contribution in [0.4, 0.5) is 8.78 Å². The first-order valence-corrected chi connectivity index (χ1v) is 8.26. The molecule has 1 heterocycles. The van der Waals surface area contributed by atoms with Crippen LogP contribution in [0.1, 0.15) is 22.8 Å². The summed E-state index contributed by atoms with van der Waals surface area (Å²) < 4.78 is 39.5. The Labute approximate surface area is 153 Å². The molecule has 1 aromatic heterocycles. The van der Waals surface area contributed by atoms with Crippen molar-refractivity contribution < 1.29 is 23.0 Å². The summed E-state index contributed by atoms with van der Waals surface area (Å²) in [6.07, 6.45) is 1.27. The first-order valence-electron chi connectivity index (χ1n) is 8.26. The topological polar surface area (TPSA) is 57.5 Å². The maximum atomic E-state index is 14.3. The van der Waals surface area contributed by atoms with E-state index in [2.05, 4.69) is 0 Å². The molecule has 5 nitrogen and oxygen atoms in total. The first kappa shape index (κ1) is 18.6. The standard InChI is InChI=1S/C20H17F2NO4/c1-3-27-20(25)15-11-23(10-12-4-6-14(26-2)7-5-12)17-9-13(21)8-16(22)18(17)19(15)24/h4-9,11H,3,10H2,1-2H3. The summed E-state index contributed by atoms with van der Waals surface area (Å²) in [5.41, 5.74) is -0.281. The molecule has 0 aliphatic heterocycles. The Hall–Kier alpha value is -3.22. The molecule has 0 unspecified atom stereocenters. The van der Waals surface area contributed by atoms with Crippen LogP contribution < -0.4 is 10.2 Å². The maximum absolute atomic E-state index is 14.3. The normalized spacial score (nSPS) is 10.8. The molecule has 0 amide bonds. The minimum atomic E-state index is -1.02. The van der Waals surface area contributed by atoms with E-state index in [0.717, 1.165) is 11.6 Å². The number of hydrogen-bond acceptors (Lipinski definition) is 4. The molecular weight excluding hydrogens is 356 g/mol. The van der Waals surface area contributed by atoms with Crippen molar-refractivity contribution in [2.24, 2.45) is 0 Å². The molecule has 0 atom stereocenters. The van der Waals surface area contributed by atoms with Gasteiger partial charge >= 0.3 is 5.97 Å². The predicted octanol–water partition coefficient (Wildman–Crippen LogP) is 3.51. The SMILES string of the molecule is CCOC(=O)c1cn(Cc2ccc(OC)cc2)c2cc(F)cc(F)c2c1=O. The predicted molar refractivity (Wildman–Crippen MR) is 96.2 cm³/mol. The van der Waals surface area contributed by atoms with Gasteiger partial charge in [-0.05, 0) is 30.7 Å². The third kappa shape index (κ3) is 3.67. The summed E-state index contributed by atoms with van der Waals surface area (Å²) in [7, 11) is 1.54. The number of benzene rings is 2. The smallest absolute Gasteiger partial charge is 0.343 e. The Morgan fingerprint density at radius 3 is 2.48 bits per heavy atom. The molecule has 0 spiro atoms. The van der Waals surface area contributed by atoms with Gasteiger partial charge in [-0.25, -0.2) is 13.6 Å². The lowest BCUT2D eigenvalue weighted by atomic mass is 10.1. The van der Waals surface area contributed by atoms with Crippen molar-refractivity contribution in [3.8, 4) is 5.75 Å². The van der Waals surface area contributed by atoms with Gasteiger partial charge < -0.3 is 14.0 Å². The number of fused-ring (bicyclic) bond motifs is 1. The van der Waals surface area contributed by atoms with E-state index in [1.807, 2.05) is 0 Å². The van der Waals surface area contributed by atoms with Crippen molar-refractivity contribution in [2.45, 2.75) is 13.5 Å². The van der Waals surface area contributed by atoms with E-state index in [9.17, 15) is 18.4 Å². The molecule has 3 aromatic rings. The quantitative estimate of drug-likeness (QED) is 0.642. The van der Waals surface area contributed by atoms with Crippen molar-refractivity contribution in [1.82, 2.24) is 4.57 Å². The molecule has 140 valence electrons. The van der Waals surface area contributed by atoms with Gasteiger partial charge in [0.2, 0.25) is 5.43 Å². The van der Waals surface area contributed by atoms with E-state index < -0.39 is 23.0 Å². The van der Waals surface area contributed by atoms with Gasteiger partial charge in [-0.2, -0.15) is 0 Å². The van der Waals surface area contributed by atoms with Gasteiger partial charge in [-0.1, -0.05) is 12.1 Å². The molecule has 0 saturated heterocycles. The lowest BCUT2D eigenvalue weighted by Gasteiger charge is -2.14. The fourth-order valence-corrected chi connectivity index (χ4v) is 2.84. The molecule has 7 heteroatoms. The molecule has 0 saturated carbocycles. The molecule has 0 N–H and O–H groups in total. The summed E-state index contributed by atoms with van der Waals surface area (Å²) >= 11 is 0. The van der Waals surface area contributed by atoms with Gasteiger partial charge in [0.05, 0.1) is 24.6 Å². The second-order valence-corrected chi connectivity index (χ2v) is 5.85. The first-order chi connectivity index (χ1) is 12.9. The van der Waals surface area contributed by atoms with Crippen LogP contribution in [0, 0.1) is 11.6 Å². The molecule has 2 aromatic carbocycles. The van der Waals surface area contributed by atoms with Gasteiger partial charge in [-0.15, -0.1) is 0 Å².